The number of hydrogen-bond donors (Lipinski definition) is 1. The minimum atomic E-state index is -0.231. The lowest BCUT2D eigenvalue weighted by Gasteiger charge is -2.33. The van der Waals surface area contributed by atoms with E-state index in [-0.39, 0.29) is 11.5 Å². The number of carbonyl (C=O) groups excluding carboxylic acids is 1. The van der Waals surface area contributed by atoms with Gasteiger partial charge in [-0.15, -0.1) is 0 Å². The molecule has 27 heavy (non-hydrogen) atoms. The Labute approximate surface area is 165 Å². The monoisotopic (exact) mass is 381 g/mol. The predicted molar refractivity (Wildman–Crippen MR) is 106 cm³/mol. The maximum absolute atomic E-state index is 13.4. The van der Waals surface area contributed by atoms with Gasteiger partial charge in [-0.25, -0.2) is 4.84 Å². The summed E-state index contributed by atoms with van der Waals surface area (Å²) in [6.07, 6.45) is 7.43. The fourth-order valence-corrected chi connectivity index (χ4v) is 5.80. The van der Waals surface area contributed by atoms with Crippen molar-refractivity contribution in [2.75, 3.05) is 0 Å². The number of rotatable bonds is 2. The first-order chi connectivity index (χ1) is 13.1. The Morgan fingerprint density at radius 3 is 2.89 bits per heavy atom. The largest absolute Gasteiger partial charge is 0.334 e. The van der Waals surface area contributed by atoms with Crippen molar-refractivity contribution in [1.29, 1.82) is 0 Å². The molecule has 4 nitrogen and oxygen atoms in total. The highest BCUT2D eigenvalue weighted by Gasteiger charge is 2.60. The first-order valence-corrected chi connectivity index (χ1v) is 10.2. The van der Waals surface area contributed by atoms with Gasteiger partial charge in [-0.2, -0.15) is 0 Å². The van der Waals surface area contributed by atoms with Crippen LogP contribution in [0, 0.1) is 11.3 Å². The average Bonchev–Trinajstić information content (AvgIpc) is 3.24. The van der Waals surface area contributed by atoms with Crippen LogP contribution in [0.1, 0.15) is 37.3 Å². The molecule has 1 aromatic heterocycles. The number of fused-ring (bicyclic) bond motifs is 2. The maximum atomic E-state index is 13.4. The third kappa shape index (κ3) is 2.54. The van der Waals surface area contributed by atoms with Crippen LogP contribution in [0.5, 0.6) is 0 Å². The van der Waals surface area contributed by atoms with E-state index in [2.05, 4.69) is 45.9 Å². The maximum Gasteiger partial charge on any atom is 0.229 e. The summed E-state index contributed by atoms with van der Waals surface area (Å²) < 4.78 is 0. The van der Waals surface area contributed by atoms with E-state index in [1.54, 1.807) is 6.20 Å². The molecule has 1 N–H and O–H groups in total. The molecule has 3 aliphatic rings. The fraction of sp³-hybridized carbons (Fsp3) is 0.455. The smallest absolute Gasteiger partial charge is 0.229 e. The molecule has 0 bridgehead atoms. The molecule has 4 atom stereocenters. The summed E-state index contributed by atoms with van der Waals surface area (Å²) in [5.74, 6) is 0.706. The van der Waals surface area contributed by atoms with Crippen molar-refractivity contribution in [2.24, 2.45) is 11.3 Å². The second-order valence-corrected chi connectivity index (χ2v) is 8.64. The van der Waals surface area contributed by atoms with Gasteiger partial charge in [0.1, 0.15) is 0 Å². The van der Waals surface area contributed by atoms with Crippen LogP contribution in [0.2, 0.25) is 0 Å². The van der Waals surface area contributed by atoms with E-state index in [9.17, 15) is 4.79 Å². The zero-order chi connectivity index (χ0) is 18.6. The lowest BCUT2D eigenvalue weighted by atomic mass is 9.73. The number of carbonyl (C=O) groups is 1. The van der Waals surface area contributed by atoms with Crippen LogP contribution in [0.25, 0.3) is 11.1 Å². The van der Waals surface area contributed by atoms with E-state index in [1.165, 1.54) is 16.7 Å². The van der Waals surface area contributed by atoms with E-state index in [0.29, 0.717) is 17.9 Å². The average molecular weight is 382 g/mol. The molecule has 0 radical (unpaired) electrons. The molecule has 1 spiro atoms. The number of hydrogen-bond acceptors (Lipinski definition) is 3. The summed E-state index contributed by atoms with van der Waals surface area (Å²) in [7, 11) is 0. The summed E-state index contributed by atoms with van der Waals surface area (Å²) in [5.41, 5.74) is 4.71. The number of aromatic nitrogens is 1. The Hall–Kier alpha value is -1.91. The fourth-order valence-electron chi connectivity index (χ4n) is 5.62. The van der Waals surface area contributed by atoms with Crippen LogP contribution >= 0.6 is 11.8 Å². The topological polar surface area (TPSA) is 45.2 Å². The molecule has 2 fully saturated rings. The Morgan fingerprint density at radius 2 is 2.15 bits per heavy atom. The van der Waals surface area contributed by atoms with Crippen LogP contribution in [0.3, 0.4) is 0 Å². The predicted octanol–water partition coefficient (Wildman–Crippen LogP) is 3.93. The first-order valence-electron chi connectivity index (χ1n) is 9.82. The van der Waals surface area contributed by atoms with Crippen LogP contribution in [0.15, 0.2) is 42.7 Å². The van der Waals surface area contributed by atoms with Crippen LogP contribution in [-0.4, -0.2) is 27.9 Å². The molecule has 1 saturated heterocycles. The van der Waals surface area contributed by atoms with Gasteiger partial charge in [0.05, 0.1) is 5.41 Å². The molecule has 1 amide bonds. The van der Waals surface area contributed by atoms with Crippen molar-refractivity contribution >= 4 is 17.7 Å². The highest BCUT2D eigenvalue weighted by molar-refractivity contribution is 6.13. The molecule has 2 unspecified atom stereocenters. The van der Waals surface area contributed by atoms with Gasteiger partial charge in [-0.3, -0.25) is 9.78 Å². The number of halogens is 1. The van der Waals surface area contributed by atoms with Crippen LogP contribution in [0.4, 0.5) is 0 Å². The summed E-state index contributed by atoms with van der Waals surface area (Å²) >= 11 is 5.89. The van der Waals surface area contributed by atoms with Crippen molar-refractivity contribution < 1.29 is 4.79 Å². The second-order valence-electron chi connectivity index (χ2n) is 8.42. The Morgan fingerprint density at radius 1 is 1.26 bits per heavy atom. The summed E-state index contributed by atoms with van der Waals surface area (Å²) in [5, 5.41) is 0. The first kappa shape index (κ1) is 17.2. The summed E-state index contributed by atoms with van der Waals surface area (Å²) in [4.78, 5) is 22.7. The molecule has 1 aromatic carbocycles. The van der Waals surface area contributed by atoms with Gasteiger partial charge in [0.25, 0.3) is 0 Å². The van der Waals surface area contributed by atoms with Crippen molar-refractivity contribution in [3.63, 3.8) is 0 Å². The van der Waals surface area contributed by atoms with Crippen LogP contribution < -0.4 is 4.84 Å². The van der Waals surface area contributed by atoms with E-state index < -0.39 is 0 Å². The number of pyridine rings is 1. The number of nitrogens with one attached hydrogen (secondary N) is 1. The van der Waals surface area contributed by atoms with Gasteiger partial charge < -0.3 is 4.90 Å². The minimum Gasteiger partial charge on any atom is -0.334 e. The van der Waals surface area contributed by atoms with E-state index in [1.807, 2.05) is 12.3 Å². The van der Waals surface area contributed by atoms with Crippen LogP contribution in [-0.2, 0) is 17.8 Å². The summed E-state index contributed by atoms with van der Waals surface area (Å²) in [6.45, 7) is 2.99. The molecule has 3 heterocycles. The normalized spacial score (nSPS) is 32.0. The van der Waals surface area contributed by atoms with E-state index in [4.69, 9.17) is 11.8 Å². The number of amides is 1. The zero-order valence-corrected chi connectivity index (χ0v) is 16.2. The minimum absolute atomic E-state index is 0.231. The molecule has 1 saturated carbocycles. The zero-order valence-electron chi connectivity index (χ0n) is 15.5. The lowest BCUT2D eigenvalue weighted by Crippen LogP contribution is -2.40. The highest BCUT2D eigenvalue weighted by atomic mass is 35.5. The standard InChI is InChI=1S/C22H24ClN3O/c1-14-20-10-16-5-4-15(17-3-2-8-24-12-17)9-18(16)13-26(20)21(27)22(14)7-6-19(11-22)25-23/h2-5,8-9,12,14,19-20,25H,6-7,10-11,13H2,1H3/t14?,19-,20?,22+/m1/s1. The third-order valence-electron chi connectivity index (χ3n) is 7.21. The van der Waals surface area contributed by atoms with E-state index >= 15 is 0 Å². The molecule has 1 aliphatic carbocycles. The molecular formula is C22H24ClN3O. The molecule has 2 aromatic rings. The molecule has 140 valence electrons. The molecule has 5 heteroatoms. The highest BCUT2D eigenvalue weighted by Crippen LogP contribution is 2.54. The number of nitrogens with zero attached hydrogens (tertiary/aromatic N) is 2. The van der Waals surface area contributed by atoms with Crippen molar-refractivity contribution in [2.45, 2.75) is 51.2 Å². The third-order valence-corrected chi connectivity index (χ3v) is 7.52. The van der Waals surface area contributed by atoms with Gasteiger partial charge in [0, 0.05) is 31.0 Å². The van der Waals surface area contributed by atoms with Gasteiger partial charge >= 0.3 is 0 Å². The molecule has 5 rings (SSSR count). The summed E-state index contributed by atoms with van der Waals surface area (Å²) in [6, 6.07) is 11.3. The second kappa shape index (κ2) is 6.32. The molecular weight excluding hydrogens is 358 g/mol. The Kier molecular flexibility index (Phi) is 4.03. The van der Waals surface area contributed by atoms with Crippen molar-refractivity contribution in [1.82, 2.24) is 14.7 Å². The Bertz CT molecular complexity index is 886. The van der Waals surface area contributed by atoms with Gasteiger partial charge in [-0.1, -0.05) is 25.1 Å². The Balaban J connectivity index is 1.47. The van der Waals surface area contributed by atoms with Gasteiger partial charge in [0.15, 0.2) is 0 Å². The van der Waals surface area contributed by atoms with Crippen molar-refractivity contribution in [3.05, 3.63) is 53.9 Å². The van der Waals surface area contributed by atoms with Crippen molar-refractivity contribution in [3.8, 4) is 11.1 Å². The van der Waals surface area contributed by atoms with Gasteiger partial charge in [0.2, 0.25) is 5.91 Å². The quantitative estimate of drug-likeness (QED) is 0.801. The number of benzene rings is 1. The lowest BCUT2D eigenvalue weighted by molar-refractivity contribution is -0.137. The molecule has 2 aliphatic heterocycles. The van der Waals surface area contributed by atoms with E-state index in [0.717, 1.165) is 37.8 Å². The van der Waals surface area contributed by atoms with Gasteiger partial charge in [-0.05, 0) is 77.8 Å². The SMILES string of the molecule is CC1C2Cc3ccc(-c4cccnc4)cc3CN2C(=O)[C@]12CC[C@@H](NCl)C2.